The van der Waals surface area contributed by atoms with E-state index < -0.39 is 0 Å². The predicted molar refractivity (Wildman–Crippen MR) is 97.8 cm³/mol. The number of hydrogen-bond donors (Lipinski definition) is 1. The lowest BCUT2D eigenvalue weighted by Crippen LogP contribution is -2.35. The Balaban J connectivity index is 1.58. The van der Waals surface area contributed by atoms with Gasteiger partial charge in [0, 0.05) is 60.9 Å². The van der Waals surface area contributed by atoms with Crippen LogP contribution in [0.4, 0.5) is 0 Å². The van der Waals surface area contributed by atoms with Crippen LogP contribution in [0.1, 0.15) is 16.8 Å². The highest BCUT2D eigenvalue weighted by Crippen LogP contribution is 2.20. The van der Waals surface area contributed by atoms with Gasteiger partial charge in [0.2, 0.25) is 0 Å². The van der Waals surface area contributed by atoms with Crippen LogP contribution in [0.15, 0.2) is 52.3 Å². The molecule has 7 heteroatoms. The van der Waals surface area contributed by atoms with E-state index >= 15 is 0 Å². The number of nitrogens with one attached hydrogen (secondary N) is 1. The van der Waals surface area contributed by atoms with Gasteiger partial charge in [-0.15, -0.1) is 0 Å². The number of halogens is 1. The van der Waals surface area contributed by atoms with Gasteiger partial charge in [0.25, 0.3) is 5.56 Å². The van der Waals surface area contributed by atoms with Crippen molar-refractivity contribution >= 4 is 15.9 Å². The van der Waals surface area contributed by atoms with Gasteiger partial charge in [-0.1, -0.05) is 0 Å². The molecule has 0 aliphatic carbocycles. The first-order valence-corrected chi connectivity index (χ1v) is 8.82. The van der Waals surface area contributed by atoms with Crippen molar-refractivity contribution in [2.24, 2.45) is 0 Å². The van der Waals surface area contributed by atoms with Crippen molar-refractivity contribution in [1.82, 2.24) is 24.8 Å². The zero-order valence-corrected chi connectivity index (χ0v) is 15.0. The van der Waals surface area contributed by atoms with Crippen molar-refractivity contribution in [3.8, 4) is 11.4 Å². The minimum atomic E-state index is -0.0686. The molecule has 0 aromatic carbocycles. The van der Waals surface area contributed by atoms with E-state index in [2.05, 4.69) is 46.8 Å². The highest BCUT2D eigenvalue weighted by Gasteiger charge is 2.21. The highest BCUT2D eigenvalue weighted by molar-refractivity contribution is 9.10. The topological polar surface area (TPSA) is 74.8 Å². The number of aromatic nitrogens is 4. The molecular formula is C18H16BrN5O. The van der Waals surface area contributed by atoms with Crippen LogP contribution in [-0.2, 0) is 19.5 Å². The summed E-state index contributed by atoms with van der Waals surface area (Å²) in [4.78, 5) is 30.6. The molecule has 6 nitrogen and oxygen atoms in total. The maximum atomic E-state index is 12.5. The van der Waals surface area contributed by atoms with E-state index in [-0.39, 0.29) is 5.56 Å². The molecule has 0 fully saturated rings. The van der Waals surface area contributed by atoms with Crippen molar-refractivity contribution < 1.29 is 0 Å². The van der Waals surface area contributed by atoms with Crippen molar-refractivity contribution in [2.75, 3.05) is 6.54 Å². The van der Waals surface area contributed by atoms with Gasteiger partial charge in [-0.05, 0) is 39.7 Å². The van der Waals surface area contributed by atoms with Crippen LogP contribution < -0.4 is 5.56 Å². The van der Waals surface area contributed by atoms with Crippen LogP contribution in [0.2, 0.25) is 0 Å². The minimum Gasteiger partial charge on any atom is -0.306 e. The third kappa shape index (κ3) is 3.52. The minimum absolute atomic E-state index is 0.0686. The zero-order chi connectivity index (χ0) is 17.2. The number of fused-ring (bicyclic) bond motifs is 1. The highest BCUT2D eigenvalue weighted by atomic mass is 79.9. The lowest BCUT2D eigenvalue weighted by molar-refractivity contribution is 0.241. The second-order valence-electron chi connectivity index (χ2n) is 6.05. The van der Waals surface area contributed by atoms with Gasteiger partial charge in [-0.25, -0.2) is 4.98 Å². The molecule has 0 bridgehead atoms. The average Bonchev–Trinajstić information content (AvgIpc) is 2.63. The van der Waals surface area contributed by atoms with Gasteiger partial charge in [0.05, 0.1) is 11.3 Å². The predicted octanol–water partition coefficient (Wildman–Crippen LogP) is 2.55. The summed E-state index contributed by atoms with van der Waals surface area (Å²) in [6.45, 7) is 2.22. The smallest absolute Gasteiger partial charge is 0.255 e. The van der Waals surface area contributed by atoms with Crippen LogP contribution in [0.3, 0.4) is 0 Å². The fourth-order valence-corrected chi connectivity index (χ4v) is 3.47. The second-order valence-corrected chi connectivity index (χ2v) is 6.97. The fraction of sp³-hybridized carbons (Fsp3) is 0.222. The van der Waals surface area contributed by atoms with Gasteiger partial charge in [0.1, 0.15) is 5.82 Å². The van der Waals surface area contributed by atoms with Crippen LogP contribution in [0.5, 0.6) is 0 Å². The van der Waals surface area contributed by atoms with Crippen LogP contribution in [0, 0.1) is 0 Å². The van der Waals surface area contributed by atoms with E-state index in [1.165, 1.54) is 0 Å². The van der Waals surface area contributed by atoms with Crippen molar-refractivity contribution in [1.29, 1.82) is 0 Å². The summed E-state index contributed by atoms with van der Waals surface area (Å²) in [5, 5.41) is 0. The zero-order valence-electron chi connectivity index (χ0n) is 13.4. The number of rotatable bonds is 3. The first-order chi connectivity index (χ1) is 12.2. The van der Waals surface area contributed by atoms with Crippen molar-refractivity contribution in [3.05, 3.63) is 74.6 Å². The molecule has 0 unspecified atom stereocenters. The Labute approximate surface area is 153 Å². The molecule has 0 spiro atoms. The summed E-state index contributed by atoms with van der Waals surface area (Å²) in [6, 6.07) is 5.78. The first kappa shape index (κ1) is 16.1. The molecule has 126 valence electrons. The molecule has 3 aromatic rings. The standard InChI is InChI=1S/C18H16BrN5O/c19-14-6-12(7-21-9-14)10-24-5-3-16-15(11-24)18(25)23-17(22-16)13-2-1-4-20-8-13/h1-2,4,6-9H,3,5,10-11H2,(H,22,23,25). The Morgan fingerprint density at radius 3 is 2.96 bits per heavy atom. The van der Waals surface area contributed by atoms with E-state index in [1.807, 2.05) is 18.3 Å². The van der Waals surface area contributed by atoms with Crippen LogP contribution in [0.25, 0.3) is 11.4 Å². The Bertz CT molecular complexity index is 957. The summed E-state index contributed by atoms with van der Waals surface area (Å²) in [7, 11) is 0. The lowest BCUT2D eigenvalue weighted by Gasteiger charge is -2.27. The normalized spacial score (nSPS) is 14.3. The Hall–Kier alpha value is -2.38. The molecule has 1 aliphatic heterocycles. The monoisotopic (exact) mass is 397 g/mol. The summed E-state index contributed by atoms with van der Waals surface area (Å²) in [5.74, 6) is 0.585. The van der Waals surface area contributed by atoms with Crippen molar-refractivity contribution in [3.63, 3.8) is 0 Å². The van der Waals surface area contributed by atoms with E-state index in [9.17, 15) is 4.79 Å². The molecule has 4 rings (SSSR count). The number of nitrogens with zero attached hydrogens (tertiary/aromatic N) is 4. The third-order valence-electron chi connectivity index (χ3n) is 4.25. The van der Waals surface area contributed by atoms with E-state index in [0.29, 0.717) is 12.4 Å². The molecule has 4 heterocycles. The third-order valence-corrected chi connectivity index (χ3v) is 4.68. The lowest BCUT2D eigenvalue weighted by atomic mass is 10.1. The molecule has 0 radical (unpaired) electrons. The average molecular weight is 398 g/mol. The molecule has 0 amide bonds. The Kier molecular flexibility index (Phi) is 4.42. The number of H-pyrrole nitrogens is 1. The van der Waals surface area contributed by atoms with Crippen LogP contribution in [-0.4, -0.2) is 31.4 Å². The van der Waals surface area contributed by atoms with Crippen LogP contribution >= 0.6 is 15.9 Å². The Morgan fingerprint density at radius 1 is 1.24 bits per heavy atom. The molecular weight excluding hydrogens is 382 g/mol. The largest absolute Gasteiger partial charge is 0.306 e. The van der Waals surface area contributed by atoms with Gasteiger partial charge in [-0.2, -0.15) is 0 Å². The molecule has 25 heavy (non-hydrogen) atoms. The quantitative estimate of drug-likeness (QED) is 0.734. The SMILES string of the molecule is O=c1[nH]c(-c2cccnc2)nc2c1CN(Cc1cncc(Br)c1)CC2. The number of pyridine rings is 2. The fourth-order valence-electron chi connectivity index (χ4n) is 3.06. The summed E-state index contributed by atoms with van der Waals surface area (Å²) in [6.07, 6.45) is 7.79. The number of aromatic amines is 1. The second kappa shape index (κ2) is 6.85. The van der Waals surface area contributed by atoms with Gasteiger partial charge >= 0.3 is 0 Å². The molecule has 3 aromatic heterocycles. The van der Waals surface area contributed by atoms with E-state index in [1.54, 1.807) is 18.6 Å². The van der Waals surface area contributed by atoms with Gasteiger partial charge in [-0.3, -0.25) is 19.7 Å². The van der Waals surface area contributed by atoms with E-state index in [4.69, 9.17) is 0 Å². The molecule has 0 saturated carbocycles. The number of hydrogen-bond acceptors (Lipinski definition) is 5. The molecule has 1 aliphatic rings. The molecule has 0 atom stereocenters. The van der Waals surface area contributed by atoms with Gasteiger partial charge in [0.15, 0.2) is 0 Å². The summed E-state index contributed by atoms with van der Waals surface area (Å²) in [5.41, 5.74) is 3.51. The maximum Gasteiger partial charge on any atom is 0.255 e. The molecule has 1 N–H and O–H groups in total. The molecule has 0 saturated heterocycles. The van der Waals surface area contributed by atoms with Gasteiger partial charge < -0.3 is 4.98 Å². The van der Waals surface area contributed by atoms with Crippen molar-refractivity contribution in [2.45, 2.75) is 19.5 Å². The maximum absolute atomic E-state index is 12.5. The van der Waals surface area contributed by atoms with E-state index in [0.717, 1.165) is 46.4 Å². The Morgan fingerprint density at radius 2 is 2.16 bits per heavy atom. The first-order valence-electron chi connectivity index (χ1n) is 8.03. The summed E-state index contributed by atoms with van der Waals surface area (Å²) < 4.78 is 0.961. The summed E-state index contributed by atoms with van der Waals surface area (Å²) >= 11 is 3.44.